The highest BCUT2D eigenvalue weighted by Crippen LogP contribution is 2.36. The SMILES string of the molecule is CP(C)(=O)c1ccccc1CC(O)C(=O)O. The summed E-state index contributed by atoms with van der Waals surface area (Å²) in [6.45, 7) is 3.25. The van der Waals surface area contributed by atoms with Crippen LogP contribution < -0.4 is 5.30 Å². The molecule has 0 fully saturated rings. The molecule has 0 saturated heterocycles. The molecule has 0 aliphatic carbocycles. The third-order valence-corrected chi connectivity index (χ3v) is 3.87. The fourth-order valence-corrected chi connectivity index (χ4v) is 2.81. The topological polar surface area (TPSA) is 74.6 Å². The van der Waals surface area contributed by atoms with Gasteiger partial charge >= 0.3 is 5.97 Å². The molecule has 4 nitrogen and oxygen atoms in total. The van der Waals surface area contributed by atoms with Gasteiger partial charge in [-0.3, -0.25) is 0 Å². The third-order valence-electron chi connectivity index (χ3n) is 2.27. The van der Waals surface area contributed by atoms with Crippen molar-refractivity contribution in [1.82, 2.24) is 0 Å². The van der Waals surface area contributed by atoms with E-state index in [4.69, 9.17) is 5.11 Å². The van der Waals surface area contributed by atoms with Gasteiger partial charge in [0, 0.05) is 11.7 Å². The van der Waals surface area contributed by atoms with Crippen LogP contribution in [0.1, 0.15) is 5.56 Å². The van der Waals surface area contributed by atoms with Crippen LogP contribution >= 0.6 is 7.14 Å². The monoisotopic (exact) mass is 242 g/mol. The lowest BCUT2D eigenvalue weighted by atomic mass is 10.1. The molecule has 0 heterocycles. The molecule has 0 saturated carbocycles. The van der Waals surface area contributed by atoms with Crippen molar-refractivity contribution in [2.45, 2.75) is 12.5 Å². The largest absolute Gasteiger partial charge is 0.479 e. The van der Waals surface area contributed by atoms with Gasteiger partial charge in [-0.2, -0.15) is 0 Å². The zero-order valence-electron chi connectivity index (χ0n) is 9.25. The number of aliphatic hydroxyl groups is 1. The van der Waals surface area contributed by atoms with Crippen molar-refractivity contribution >= 4 is 18.4 Å². The van der Waals surface area contributed by atoms with Crippen molar-refractivity contribution in [3.05, 3.63) is 29.8 Å². The Labute approximate surface area is 94.3 Å². The summed E-state index contributed by atoms with van der Waals surface area (Å²) in [6.07, 6.45) is -1.47. The normalized spacial score (nSPS) is 13.4. The van der Waals surface area contributed by atoms with E-state index in [0.29, 0.717) is 10.9 Å². The maximum Gasteiger partial charge on any atom is 0.332 e. The van der Waals surface area contributed by atoms with E-state index in [9.17, 15) is 14.5 Å². The van der Waals surface area contributed by atoms with E-state index < -0.39 is 19.2 Å². The number of aliphatic hydroxyl groups excluding tert-OH is 1. The molecular weight excluding hydrogens is 227 g/mol. The summed E-state index contributed by atoms with van der Waals surface area (Å²) >= 11 is 0. The summed E-state index contributed by atoms with van der Waals surface area (Å²) in [4.78, 5) is 10.5. The van der Waals surface area contributed by atoms with Gasteiger partial charge in [0.15, 0.2) is 6.10 Å². The molecule has 1 rings (SSSR count). The van der Waals surface area contributed by atoms with E-state index >= 15 is 0 Å². The van der Waals surface area contributed by atoms with Crippen molar-refractivity contribution in [3.63, 3.8) is 0 Å². The molecular formula is C11H15O4P. The van der Waals surface area contributed by atoms with Crippen LogP contribution in [0.3, 0.4) is 0 Å². The van der Waals surface area contributed by atoms with Gasteiger partial charge in [0.05, 0.1) is 0 Å². The molecule has 0 aliphatic rings. The molecule has 16 heavy (non-hydrogen) atoms. The third kappa shape index (κ3) is 3.19. The van der Waals surface area contributed by atoms with Crippen LogP contribution in [0.5, 0.6) is 0 Å². The summed E-state index contributed by atoms with van der Waals surface area (Å²) in [7, 11) is -2.45. The van der Waals surface area contributed by atoms with Gasteiger partial charge in [-0.25, -0.2) is 4.79 Å². The Bertz CT molecular complexity index is 435. The second kappa shape index (κ2) is 4.81. The fourth-order valence-electron chi connectivity index (χ4n) is 1.50. The van der Waals surface area contributed by atoms with E-state index in [2.05, 4.69) is 0 Å². The first-order chi connectivity index (χ1) is 7.32. The molecule has 0 radical (unpaired) electrons. The molecule has 0 aromatic heterocycles. The predicted octanol–water partition coefficient (Wildman–Crippen LogP) is 0.923. The summed E-state index contributed by atoms with van der Waals surface area (Å²) < 4.78 is 12.0. The first-order valence-electron chi connectivity index (χ1n) is 4.86. The van der Waals surface area contributed by atoms with Crippen molar-refractivity contribution in [2.24, 2.45) is 0 Å². The van der Waals surface area contributed by atoms with E-state index in [1.807, 2.05) is 0 Å². The van der Waals surface area contributed by atoms with Crippen LogP contribution in [-0.4, -0.2) is 35.6 Å². The molecule has 0 spiro atoms. The van der Waals surface area contributed by atoms with Crippen LogP contribution in [-0.2, 0) is 15.8 Å². The highest BCUT2D eigenvalue weighted by Gasteiger charge is 2.20. The molecule has 0 amide bonds. The standard InChI is InChI=1S/C11H15O4P/c1-16(2,15)10-6-4-3-5-8(10)7-9(12)11(13)14/h3-6,9,12H,7H2,1-2H3,(H,13,14). The Morgan fingerprint density at radius 2 is 1.94 bits per heavy atom. The van der Waals surface area contributed by atoms with E-state index in [1.165, 1.54) is 0 Å². The lowest BCUT2D eigenvalue weighted by Crippen LogP contribution is -2.25. The van der Waals surface area contributed by atoms with Crippen molar-refractivity contribution in [1.29, 1.82) is 0 Å². The van der Waals surface area contributed by atoms with Crippen LogP contribution in [0.15, 0.2) is 24.3 Å². The number of carboxylic acids is 1. The van der Waals surface area contributed by atoms with Crippen molar-refractivity contribution < 1.29 is 19.6 Å². The summed E-state index contributed by atoms with van der Waals surface area (Å²) in [5.41, 5.74) is 0.630. The molecule has 1 aromatic rings. The number of carbonyl (C=O) groups is 1. The van der Waals surface area contributed by atoms with Gasteiger partial charge < -0.3 is 14.8 Å². The average Bonchev–Trinajstić information content (AvgIpc) is 2.16. The summed E-state index contributed by atoms with van der Waals surface area (Å²) in [6, 6.07) is 6.90. The number of hydrogen-bond acceptors (Lipinski definition) is 3. The van der Waals surface area contributed by atoms with Crippen molar-refractivity contribution in [2.75, 3.05) is 13.3 Å². The smallest absolute Gasteiger partial charge is 0.332 e. The molecule has 0 aliphatic heterocycles. The zero-order valence-corrected chi connectivity index (χ0v) is 10.1. The van der Waals surface area contributed by atoms with Crippen LogP contribution in [0.2, 0.25) is 0 Å². The van der Waals surface area contributed by atoms with Crippen LogP contribution in [0.4, 0.5) is 0 Å². The lowest BCUT2D eigenvalue weighted by molar-refractivity contribution is -0.146. The maximum atomic E-state index is 12.0. The highest BCUT2D eigenvalue weighted by molar-refractivity contribution is 7.70. The Balaban J connectivity index is 3.05. The molecule has 2 N–H and O–H groups in total. The molecule has 5 heteroatoms. The maximum absolute atomic E-state index is 12.0. The van der Waals surface area contributed by atoms with Gasteiger partial charge in [0.25, 0.3) is 0 Å². The second-order valence-corrected chi connectivity index (χ2v) is 7.22. The Kier molecular flexibility index (Phi) is 3.89. The summed E-state index contributed by atoms with van der Waals surface area (Å²) in [5.74, 6) is -1.27. The average molecular weight is 242 g/mol. The fraction of sp³-hybridized carbons (Fsp3) is 0.364. The van der Waals surface area contributed by atoms with E-state index in [-0.39, 0.29) is 6.42 Å². The first kappa shape index (κ1) is 12.9. The van der Waals surface area contributed by atoms with Crippen LogP contribution in [0, 0.1) is 0 Å². The number of rotatable bonds is 4. The van der Waals surface area contributed by atoms with E-state index in [1.54, 1.807) is 37.6 Å². The minimum Gasteiger partial charge on any atom is -0.479 e. The van der Waals surface area contributed by atoms with Gasteiger partial charge in [-0.1, -0.05) is 24.3 Å². The van der Waals surface area contributed by atoms with Crippen molar-refractivity contribution in [3.8, 4) is 0 Å². The highest BCUT2D eigenvalue weighted by atomic mass is 31.2. The van der Waals surface area contributed by atoms with Gasteiger partial charge in [-0.05, 0) is 18.9 Å². The molecule has 0 bridgehead atoms. The Morgan fingerprint density at radius 1 is 1.38 bits per heavy atom. The number of hydrogen-bond donors (Lipinski definition) is 2. The molecule has 1 unspecified atom stereocenters. The number of benzene rings is 1. The lowest BCUT2D eigenvalue weighted by Gasteiger charge is -2.14. The van der Waals surface area contributed by atoms with Crippen LogP contribution in [0.25, 0.3) is 0 Å². The number of carboxylic acid groups (broad SMARTS) is 1. The predicted molar refractivity (Wildman–Crippen MR) is 62.9 cm³/mol. The number of aliphatic carboxylic acids is 1. The van der Waals surface area contributed by atoms with Gasteiger partial charge in [-0.15, -0.1) is 0 Å². The zero-order chi connectivity index (χ0) is 12.3. The molecule has 1 atom stereocenters. The first-order valence-corrected chi connectivity index (χ1v) is 7.47. The molecule has 1 aromatic carbocycles. The van der Waals surface area contributed by atoms with E-state index in [0.717, 1.165) is 0 Å². The molecule has 88 valence electrons. The Morgan fingerprint density at radius 3 is 2.44 bits per heavy atom. The Hall–Kier alpha value is -1.12. The van der Waals surface area contributed by atoms with Gasteiger partial charge in [0.2, 0.25) is 0 Å². The summed E-state index contributed by atoms with van der Waals surface area (Å²) in [5, 5.41) is 18.5. The van der Waals surface area contributed by atoms with Gasteiger partial charge in [0.1, 0.15) is 7.14 Å². The minimum atomic E-state index is -2.45. The second-order valence-electron chi connectivity index (χ2n) is 4.04. The minimum absolute atomic E-state index is 0.0167. The quantitative estimate of drug-likeness (QED) is 0.770.